The molecule has 1 aliphatic heterocycles. The van der Waals surface area contributed by atoms with Gasteiger partial charge in [-0.25, -0.2) is 9.59 Å². The molecule has 1 aliphatic rings. The van der Waals surface area contributed by atoms with E-state index in [2.05, 4.69) is 10.2 Å². The molecule has 2 rings (SSSR count). The van der Waals surface area contributed by atoms with Crippen molar-refractivity contribution in [2.24, 2.45) is 5.92 Å². The third-order valence-corrected chi connectivity index (χ3v) is 4.71. The van der Waals surface area contributed by atoms with Crippen LogP contribution in [-0.4, -0.2) is 65.2 Å². The number of amides is 1. The van der Waals surface area contributed by atoms with Crippen LogP contribution < -0.4 is 5.32 Å². The lowest BCUT2D eigenvalue weighted by molar-refractivity contribution is -0.159. The molecule has 0 saturated carbocycles. The summed E-state index contributed by atoms with van der Waals surface area (Å²) in [5, 5.41) is 17.8. The highest BCUT2D eigenvalue weighted by Crippen LogP contribution is 2.19. The van der Waals surface area contributed by atoms with Crippen molar-refractivity contribution in [3.63, 3.8) is 0 Å². The molecule has 9 nitrogen and oxygen atoms in total. The van der Waals surface area contributed by atoms with E-state index in [0.717, 1.165) is 49.3 Å². The second-order valence-electron chi connectivity index (χ2n) is 7.09. The van der Waals surface area contributed by atoms with Crippen LogP contribution in [0.4, 0.5) is 5.69 Å². The van der Waals surface area contributed by atoms with Crippen LogP contribution in [0.5, 0.6) is 0 Å². The molecule has 0 atom stereocenters. The summed E-state index contributed by atoms with van der Waals surface area (Å²) in [7, 11) is 0. The van der Waals surface area contributed by atoms with Crippen LogP contribution in [0.25, 0.3) is 0 Å². The van der Waals surface area contributed by atoms with Gasteiger partial charge in [-0.2, -0.15) is 0 Å². The van der Waals surface area contributed by atoms with Crippen molar-refractivity contribution < 1.29 is 34.1 Å². The van der Waals surface area contributed by atoms with Gasteiger partial charge < -0.3 is 25.2 Å². The van der Waals surface area contributed by atoms with E-state index in [1.165, 1.54) is 0 Å². The zero-order valence-corrected chi connectivity index (χ0v) is 17.6. The second-order valence-corrected chi connectivity index (χ2v) is 7.09. The van der Waals surface area contributed by atoms with Gasteiger partial charge in [0.05, 0.1) is 12.5 Å². The molecule has 166 valence electrons. The fourth-order valence-corrected chi connectivity index (χ4v) is 3.00. The molecular formula is C21H30N2O7. The van der Waals surface area contributed by atoms with Gasteiger partial charge in [-0.1, -0.05) is 12.1 Å². The fourth-order valence-electron chi connectivity index (χ4n) is 3.00. The molecule has 1 fully saturated rings. The Morgan fingerprint density at radius 1 is 1.10 bits per heavy atom. The lowest BCUT2D eigenvalue weighted by atomic mass is 9.97. The topological polar surface area (TPSA) is 133 Å². The van der Waals surface area contributed by atoms with Gasteiger partial charge in [0, 0.05) is 18.7 Å². The van der Waals surface area contributed by atoms with Gasteiger partial charge in [0.2, 0.25) is 5.91 Å². The lowest BCUT2D eigenvalue weighted by Gasteiger charge is -2.30. The molecule has 30 heavy (non-hydrogen) atoms. The Hall–Kier alpha value is -2.94. The highest BCUT2D eigenvalue weighted by atomic mass is 16.5. The number of carboxylic acid groups (broad SMARTS) is 2. The maximum atomic E-state index is 12.2. The standard InChI is InChI=1S/C19H28N2O3.C2H2O4/c1-4-24-19(23)16-7-10-21(11-8-16)12-9-18(22)20-17-13-14(2)5-6-15(17)3;3-1(4)2(5)6/h5-6,13,16H,4,7-12H2,1-3H3,(H,20,22);(H,3,4)(H,5,6). The molecule has 0 unspecified atom stereocenters. The Balaban J connectivity index is 0.000000656. The maximum Gasteiger partial charge on any atom is 0.414 e. The monoisotopic (exact) mass is 422 g/mol. The van der Waals surface area contributed by atoms with Gasteiger partial charge in [-0.05, 0) is 63.9 Å². The Labute approximate surface area is 176 Å². The average molecular weight is 422 g/mol. The third kappa shape index (κ3) is 9.04. The second kappa shape index (κ2) is 12.6. The predicted octanol–water partition coefficient (Wildman–Crippen LogP) is 2.06. The normalized spacial score (nSPS) is 14.2. The van der Waals surface area contributed by atoms with Crippen molar-refractivity contribution in [3.05, 3.63) is 29.3 Å². The Morgan fingerprint density at radius 3 is 2.23 bits per heavy atom. The summed E-state index contributed by atoms with van der Waals surface area (Å²) >= 11 is 0. The van der Waals surface area contributed by atoms with E-state index in [0.29, 0.717) is 13.0 Å². The smallest absolute Gasteiger partial charge is 0.414 e. The van der Waals surface area contributed by atoms with E-state index < -0.39 is 11.9 Å². The third-order valence-electron chi connectivity index (χ3n) is 4.71. The van der Waals surface area contributed by atoms with E-state index in [1.807, 2.05) is 39.0 Å². The van der Waals surface area contributed by atoms with Crippen LogP contribution in [0.2, 0.25) is 0 Å². The molecule has 1 aromatic carbocycles. The van der Waals surface area contributed by atoms with Crippen molar-refractivity contribution in [1.82, 2.24) is 4.90 Å². The zero-order chi connectivity index (χ0) is 22.7. The van der Waals surface area contributed by atoms with Gasteiger partial charge in [-0.15, -0.1) is 0 Å². The molecule has 0 aromatic heterocycles. The van der Waals surface area contributed by atoms with Gasteiger partial charge >= 0.3 is 17.9 Å². The van der Waals surface area contributed by atoms with E-state index in [-0.39, 0.29) is 17.8 Å². The minimum Gasteiger partial charge on any atom is -0.473 e. The van der Waals surface area contributed by atoms with E-state index >= 15 is 0 Å². The minimum absolute atomic E-state index is 0.0185. The number of anilines is 1. The number of piperidine rings is 1. The summed E-state index contributed by atoms with van der Waals surface area (Å²) in [4.78, 5) is 44.3. The van der Waals surface area contributed by atoms with Gasteiger partial charge in [-0.3, -0.25) is 9.59 Å². The minimum atomic E-state index is -1.82. The Bertz CT molecular complexity index is 744. The van der Waals surface area contributed by atoms with Crippen molar-refractivity contribution in [1.29, 1.82) is 0 Å². The number of esters is 1. The average Bonchev–Trinajstić information content (AvgIpc) is 2.70. The van der Waals surface area contributed by atoms with Crippen LogP contribution >= 0.6 is 0 Å². The molecule has 1 amide bonds. The molecule has 1 aromatic rings. The van der Waals surface area contributed by atoms with Gasteiger partial charge in [0.25, 0.3) is 0 Å². The molecule has 0 aliphatic carbocycles. The SMILES string of the molecule is CCOC(=O)C1CCN(CCC(=O)Nc2cc(C)ccc2C)CC1.O=C(O)C(=O)O. The Morgan fingerprint density at radius 2 is 1.70 bits per heavy atom. The lowest BCUT2D eigenvalue weighted by Crippen LogP contribution is -2.38. The number of rotatable bonds is 6. The summed E-state index contributed by atoms with van der Waals surface area (Å²) in [5.74, 6) is -3.67. The van der Waals surface area contributed by atoms with Crippen LogP contribution in [0.1, 0.15) is 37.3 Å². The van der Waals surface area contributed by atoms with E-state index in [9.17, 15) is 9.59 Å². The summed E-state index contributed by atoms with van der Waals surface area (Å²) in [6.07, 6.45) is 2.10. The van der Waals surface area contributed by atoms with Crippen LogP contribution in [0.15, 0.2) is 18.2 Å². The van der Waals surface area contributed by atoms with E-state index in [4.69, 9.17) is 24.5 Å². The summed E-state index contributed by atoms with van der Waals surface area (Å²) in [6.45, 7) is 8.71. The predicted molar refractivity (Wildman–Crippen MR) is 110 cm³/mol. The van der Waals surface area contributed by atoms with Crippen molar-refractivity contribution in [3.8, 4) is 0 Å². The van der Waals surface area contributed by atoms with Crippen LogP contribution in [0.3, 0.4) is 0 Å². The number of carbonyl (C=O) groups excluding carboxylic acids is 2. The molecule has 0 spiro atoms. The molecule has 3 N–H and O–H groups in total. The van der Waals surface area contributed by atoms with Crippen molar-refractivity contribution in [2.45, 2.75) is 40.0 Å². The zero-order valence-electron chi connectivity index (χ0n) is 17.6. The van der Waals surface area contributed by atoms with Crippen LogP contribution in [-0.2, 0) is 23.9 Å². The number of benzene rings is 1. The number of carbonyl (C=O) groups is 4. The number of carboxylic acids is 2. The number of hydrogen-bond donors (Lipinski definition) is 3. The number of nitrogens with zero attached hydrogens (tertiary/aromatic N) is 1. The van der Waals surface area contributed by atoms with E-state index in [1.54, 1.807) is 0 Å². The maximum absolute atomic E-state index is 12.2. The number of hydrogen-bond acceptors (Lipinski definition) is 6. The number of likely N-dealkylation sites (tertiary alicyclic amines) is 1. The van der Waals surface area contributed by atoms with Crippen LogP contribution in [0, 0.1) is 19.8 Å². The van der Waals surface area contributed by atoms with Gasteiger partial charge in [0.15, 0.2) is 0 Å². The largest absolute Gasteiger partial charge is 0.473 e. The van der Waals surface area contributed by atoms with Crippen molar-refractivity contribution in [2.75, 3.05) is 31.6 Å². The first-order chi connectivity index (χ1) is 14.1. The molecule has 1 saturated heterocycles. The van der Waals surface area contributed by atoms with Gasteiger partial charge in [0.1, 0.15) is 0 Å². The summed E-state index contributed by atoms with van der Waals surface area (Å²) in [5.41, 5.74) is 3.10. The highest BCUT2D eigenvalue weighted by molar-refractivity contribution is 6.27. The first-order valence-corrected chi connectivity index (χ1v) is 9.86. The highest BCUT2D eigenvalue weighted by Gasteiger charge is 2.25. The molecule has 0 radical (unpaired) electrons. The molecule has 9 heteroatoms. The fraction of sp³-hybridized carbons (Fsp3) is 0.524. The first kappa shape index (κ1) is 25.1. The number of nitrogens with one attached hydrogen (secondary N) is 1. The molecular weight excluding hydrogens is 392 g/mol. The number of ether oxygens (including phenoxy) is 1. The quantitative estimate of drug-likeness (QED) is 0.469. The van der Waals surface area contributed by atoms with Crippen molar-refractivity contribution >= 4 is 29.5 Å². The molecule has 0 bridgehead atoms. The summed E-state index contributed by atoms with van der Waals surface area (Å²) in [6, 6.07) is 6.06. The molecule has 1 heterocycles. The summed E-state index contributed by atoms with van der Waals surface area (Å²) < 4.78 is 5.08. The number of aryl methyl sites for hydroxylation is 2. The number of aliphatic carboxylic acids is 2. The first-order valence-electron chi connectivity index (χ1n) is 9.86. The Kier molecular flexibility index (Phi) is 10.5.